The minimum Gasteiger partial charge on any atom is -0.481 e. The van der Waals surface area contributed by atoms with Crippen LogP contribution in [0.1, 0.15) is 46.0 Å². The van der Waals surface area contributed by atoms with Crippen LogP contribution < -0.4 is 27.0 Å². The van der Waals surface area contributed by atoms with Gasteiger partial charge in [0.1, 0.15) is 24.2 Å². The predicted octanol–water partition coefficient (Wildman–Crippen LogP) is -1.61. The lowest BCUT2D eigenvalue weighted by molar-refractivity contribution is -0.139. The third kappa shape index (κ3) is 9.09. The molecule has 1 rings (SSSR count). The van der Waals surface area contributed by atoms with Crippen molar-refractivity contribution in [3.8, 4) is 0 Å². The summed E-state index contributed by atoms with van der Waals surface area (Å²) in [7, 11) is 0. The van der Waals surface area contributed by atoms with Crippen LogP contribution in [0.4, 0.5) is 0 Å². The number of nitrogens with two attached hydrogens (primary N) is 1. The van der Waals surface area contributed by atoms with E-state index in [9.17, 15) is 24.0 Å². The molecule has 1 aliphatic heterocycles. The average Bonchev–Trinajstić information content (AvgIpc) is 2.62. The molecule has 0 saturated carbocycles. The number of carboxylic acids is 1. The van der Waals surface area contributed by atoms with Crippen molar-refractivity contribution in [3.05, 3.63) is 0 Å². The molecule has 0 spiro atoms. The topological polar surface area (TPSA) is 180 Å². The minimum absolute atomic E-state index is 0. The van der Waals surface area contributed by atoms with Gasteiger partial charge in [0.2, 0.25) is 23.6 Å². The van der Waals surface area contributed by atoms with E-state index in [-0.39, 0.29) is 25.2 Å². The zero-order valence-corrected chi connectivity index (χ0v) is 17.3. The number of hydrogen-bond acceptors (Lipinski definition) is 6. The molecule has 11 nitrogen and oxygen atoms in total. The highest BCUT2D eigenvalue weighted by atomic mass is 35.5. The van der Waals surface area contributed by atoms with Crippen LogP contribution in [0.2, 0.25) is 0 Å². The molecule has 0 aromatic heterocycles. The van der Waals surface area contributed by atoms with Crippen LogP contribution in [0.25, 0.3) is 0 Å². The molecule has 1 aliphatic rings. The predicted molar refractivity (Wildman–Crippen MR) is 106 cm³/mol. The van der Waals surface area contributed by atoms with E-state index in [2.05, 4.69) is 21.3 Å². The third-order valence-electron chi connectivity index (χ3n) is 4.36. The van der Waals surface area contributed by atoms with Gasteiger partial charge in [-0.2, -0.15) is 0 Å². The molecule has 0 unspecified atom stereocenters. The van der Waals surface area contributed by atoms with E-state index in [1.54, 1.807) is 0 Å². The number of unbranched alkanes of at least 4 members (excludes halogenated alkanes) is 1. The van der Waals surface area contributed by atoms with Crippen molar-refractivity contribution in [2.45, 2.75) is 70.1 Å². The van der Waals surface area contributed by atoms with Crippen molar-refractivity contribution < 1.29 is 29.1 Å². The van der Waals surface area contributed by atoms with E-state index < -0.39 is 53.8 Å². The molecule has 4 amide bonds. The standard InChI is InChI=1S/C17H29N5O6.ClH/c1-9-14(25)21-11(5-3-4-8-18)16(27)19-10(2)15(26)22-12(17(28)20-9)6-7-13(23)24;/h9-12H,3-8,18H2,1-2H3,(H,19,27)(H,20,28)(H,21,25)(H,22,26)(H,23,24);1H/t9-,10-,11-,12-;/m0./s1. The molecular weight excluding hydrogens is 406 g/mol. The van der Waals surface area contributed by atoms with Crippen molar-refractivity contribution in [2.75, 3.05) is 6.54 Å². The van der Waals surface area contributed by atoms with Crippen LogP contribution in [0, 0.1) is 0 Å². The fraction of sp³-hybridized carbons (Fsp3) is 0.706. The van der Waals surface area contributed by atoms with Crippen LogP contribution in [-0.4, -0.2) is 65.4 Å². The number of carboxylic acid groups (broad SMARTS) is 1. The molecule has 0 bridgehead atoms. The second-order valence-corrected chi connectivity index (χ2v) is 6.80. The Morgan fingerprint density at radius 3 is 1.69 bits per heavy atom. The van der Waals surface area contributed by atoms with Gasteiger partial charge >= 0.3 is 5.97 Å². The van der Waals surface area contributed by atoms with Gasteiger partial charge in [-0.3, -0.25) is 24.0 Å². The van der Waals surface area contributed by atoms with E-state index >= 15 is 0 Å². The van der Waals surface area contributed by atoms with Gasteiger partial charge < -0.3 is 32.1 Å². The molecule has 1 fully saturated rings. The van der Waals surface area contributed by atoms with E-state index in [0.717, 1.165) is 0 Å². The first-order valence-corrected chi connectivity index (χ1v) is 9.29. The monoisotopic (exact) mass is 435 g/mol. The summed E-state index contributed by atoms with van der Waals surface area (Å²) in [5.41, 5.74) is 5.45. The summed E-state index contributed by atoms with van der Waals surface area (Å²) in [4.78, 5) is 60.4. The first-order valence-electron chi connectivity index (χ1n) is 9.29. The van der Waals surface area contributed by atoms with Crippen molar-refractivity contribution >= 4 is 42.0 Å². The normalized spacial score (nSPS) is 25.9. The lowest BCUT2D eigenvalue weighted by atomic mass is 10.1. The number of rotatable bonds is 7. The lowest BCUT2D eigenvalue weighted by Gasteiger charge is -2.27. The molecule has 0 radical (unpaired) electrons. The molecule has 166 valence electrons. The SMILES string of the molecule is C[C@@H]1NC(=O)[C@H](CCCCN)NC(=O)[C@H](C)NC(=O)[C@H](CCC(=O)O)NC1=O.Cl. The Kier molecular flexibility index (Phi) is 11.9. The minimum atomic E-state index is -1.14. The van der Waals surface area contributed by atoms with Gasteiger partial charge in [-0.15, -0.1) is 12.4 Å². The Balaban J connectivity index is 0.00000784. The molecule has 1 saturated heterocycles. The van der Waals surface area contributed by atoms with Crippen LogP contribution in [0.5, 0.6) is 0 Å². The molecule has 7 N–H and O–H groups in total. The summed E-state index contributed by atoms with van der Waals surface area (Å²) in [5, 5.41) is 18.8. The highest BCUT2D eigenvalue weighted by Gasteiger charge is 2.31. The Morgan fingerprint density at radius 1 is 0.828 bits per heavy atom. The Morgan fingerprint density at radius 2 is 1.28 bits per heavy atom. The number of halogens is 1. The maximum absolute atomic E-state index is 12.5. The molecule has 0 aromatic carbocycles. The van der Waals surface area contributed by atoms with Gasteiger partial charge in [0.05, 0.1) is 0 Å². The first-order chi connectivity index (χ1) is 13.1. The highest BCUT2D eigenvalue weighted by Crippen LogP contribution is 2.05. The van der Waals surface area contributed by atoms with Crippen molar-refractivity contribution in [2.24, 2.45) is 5.73 Å². The first kappa shape index (κ1) is 26.6. The molecule has 0 aromatic rings. The van der Waals surface area contributed by atoms with Gasteiger partial charge in [-0.05, 0) is 46.1 Å². The highest BCUT2D eigenvalue weighted by molar-refractivity contribution is 5.97. The average molecular weight is 436 g/mol. The van der Waals surface area contributed by atoms with Crippen LogP contribution in [0.3, 0.4) is 0 Å². The summed E-state index contributed by atoms with van der Waals surface area (Å²) in [5.74, 6) is -3.50. The van der Waals surface area contributed by atoms with Gasteiger partial charge in [0, 0.05) is 6.42 Å². The van der Waals surface area contributed by atoms with Gasteiger partial charge in [-0.1, -0.05) is 0 Å². The summed E-state index contributed by atoms with van der Waals surface area (Å²) in [6, 6.07) is -3.95. The Labute approximate surface area is 175 Å². The van der Waals surface area contributed by atoms with Crippen LogP contribution in [0.15, 0.2) is 0 Å². The molecular formula is C17H30ClN5O6. The second-order valence-electron chi connectivity index (χ2n) is 6.80. The number of hydrogen-bond donors (Lipinski definition) is 6. The fourth-order valence-corrected chi connectivity index (χ4v) is 2.65. The molecule has 29 heavy (non-hydrogen) atoms. The number of carbonyl (C=O) groups is 5. The molecule has 0 aliphatic carbocycles. The molecule has 12 heteroatoms. The summed E-state index contributed by atoms with van der Waals surface area (Å²) in [6.45, 7) is 3.32. The maximum Gasteiger partial charge on any atom is 0.303 e. The number of nitrogens with one attached hydrogen (secondary N) is 4. The molecule has 4 atom stereocenters. The van der Waals surface area contributed by atoms with Crippen LogP contribution >= 0.6 is 12.4 Å². The largest absolute Gasteiger partial charge is 0.481 e. The number of aliphatic carboxylic acids is 1. The van der Waals surface area contributed by atoms with Gasteiger partial charge in [0.15, 0.2) is 0 Å². The van der Waals surface area contributed by atoms with Gasteiger partial charge in [-0.25, -0.2) is 0 Å². The summed E-state index contributed by atoms with van der Waals surface area (Å²) in [6.07, 6.45) is 1.12. The fourth-order valence-electron chi connectivity index (χ4n) is 2.65. The second kappa shape index (κ2) is 12.9. The van der Waals surface area contributed by atoms with Crippen LogP contribution in [-0.2, 0) is 24.0 Å². The van der Waals surface area contributed by atoms with E-state index in [4.69, 9.17) is 10.8 Å². The smallest absolute Gasteiger partial charge is 0.303 e. The molecule has 1 heterocycles. The van der Waals surface area contributed by atoms with E-state index in [0.29, 0.717) is 25.8 Å². The third-order valence-corrected chi connectivity index (χ3v) is 4.36. The van der Waals surface area contributed by atoms with E-state index in [1.807, 2.05) is 0 Å². The summed E-state index contributed by atoms with van der Waals surface area (Å²) >= 11 is 0. The lowest BCUT2D eigenvalue weighted by Crippen LogP contribution is -2.60. The van der Waals surface area contributed by atoms with Crippen molar-refractivity contribution in [1.82, 2.24) is 21.3 Å². The quantitative estimate of drug-likeness (QED) is 0.260. The van der Waals surface area contributed by atoms with Crippen molar-refractivity contribution in [3.63, 3.8) is 0 Å². The van der Waals surface area contributed by atoms with Crippen molar-refractivity contribution in [1.29, 1.82) is 0 Å². The summed E-state index contributed by atoms with van der Waals surface area (Å²) < 4.78 is 0. The zero-order valence-electron chi connectivity index (χ0n) is 16.5. The van der Waals surface area contributed by atoms with Gasteiger partial charge in [0.25, 0.3) is 0 Å². The Bertz CT molecular complexity index is 617. The number of amides is 4. The number of carbonyl (C=O) groups excluding carboxylic acids is 4. The van der Waals surface area contributed by atoms with E-state index in [1.165, 1.54) is 13.8 Å². The Hall–Kier alpha value is -2.40. The zero-order chi connectivity index (χ0) is 21.3. The maximum atomic E-state index is 12.5.